The standard InChI is InChI=1S/C14H18ClF2N3/c1-19(2)8-3-9-20-12(6-7-15)18-11-5-4-10(16)13(17)14(11)20/h4-5H,3,6-9H2,1-2H3. The first-order valence-corrected chi connectivity index (χ1v) is 7.12. The van der Waals surface area contributed by atoms with Crippen LogP contribution >= 0.6 is 11.6 Å². The summed E-state index contributed by atoms with van der Waals surface area (Å²) in [6, 6.07) is 2.62. The second-order valence-corrected chi connectivity index (χ2v) is 5.38. The van der Waals surface area contributed by atoms with Gasteiger partial charge in [-0.3, -0.25) is 0 Å². The van der Waals surface area contributed by atoms with E-state index in [1.807, 2.05) is 14.1 Å². The number of halogens is 3. The number of hydrogen-bond donors (Lipinski definition) is 0. The first-order chi connectivity index (χ1) is 9.54. The van der Waals surface area contributed by atoms with Gasteiger partial charge in [0.15, 0.2) is 11.6 Å². The largest absolute Gasteiger partial charge is 0.325 e. The Hall–Kier alpha value is -1.20. The molecule has 2 rings (SSSR count). The zero-order chi connectivity index (χ0) is 14.7. The van der Waals surface area contributed by atoms with E-state index in [2.05, 4.69) is 9.88 Å². The predicted octanol–water partition coefficient (Wildman–Crippen LogP) is 3.05. The summed E-state index contributed by atoms with van der Waals surface area (Å²) in [5, 5.41) is 0. The molecule has 1 heterocycles. The summed E-state index contributed by atoms with van der Waals surface area (Å²) in [4.78, 5) is 6.41. The van der Waals surface area contributed by atoms with Crippen molar-refractivity contribution < 1.29 is 8.78 Å². The average Bonchev–Trinajstić information content (AvgIpc) is 2.73. The van der Waals surface area contributed by atoms with Crippen molar-refractivity contribution in [1.82, 2.24) is 14.5 Å². The van der Waals surface area contributed by atoms with E-state index in [9.17, 15) is 8.78 Å². The second-order valence-electron chi connectivity index (χ2n) is 5.00. The minimum absolute atomic E-state index is 0.240. The average molecular weight is 302 g/mol. The van der Waals surface area contributed by atoms with Crippen LogP contribution in [0.1, 0.15) is 12.2 Å². The molecule has 0 radical (unpaired) electrons. The third kappa shape index (κ3) is 3.10. The lowest BCUT2D eigenvalue weighted by molar-refractivity contribution is 0.385. The molecule has 110 valence electrons. The number of aromatic nitrogens is 2. The van der Waals surface area contributed by atoms with Gasteiger partial charge in [-0.25, -0.2) is 13.8 Å². The van der Waals surface area contributed by atoms with E-state index in [0.717, 1.165) is 19.0 Å². The molecule has 0 aliphatic heterocycles. The molecule has 6 heteroatoms. The summed E-state index contributed by atoms with van der Waals surface area (Å²) in [6.07, 6.45) is 1.38. The fourth-order valence-electron chi connectivity index (χ4n) is 2.27. The molecule has 0 saturated heterocycles. The van der Waals surface area contributed by atoms with Crippen LogP contribution in [-0.2, 0) is 13.0 Å². The second kappa shape index (κ2) is 6.50. The van der Waals surface area contributed by atoms with Gasteiger partial charge >= 0.3 is 0 Å². The Morgan fingerprint density at radius 1 is 1.30 bits per heavy atom. The highest BCUT2D eigenvalue weighted by Gasteiger charge is 2.16. The number of aryl methyl sites for hydroxylation is 2. The summed E-state index contributed by atoms with van der Waals surface area (Å²) < 4.78 is 29.2. The van der Waals surface area contributed by atoms with Crippen molar-refractivity contribution in [3.05, 3.63) is 29.6 Å². The van der Waals surface area contributed by atoms with Crippen molar-refractivity contribution in [3.8, 4) is 0 Å². The third-order valence-corrected chi connectivity index (χ3v) is 3.37. The number of hydrogen-bond acceptors (Lipinski definition) is 2. The van der Waals surface area contributed by atoms with Crippen molar-refractivity contribution >= 4 is 22.6 Å². The van der Waals surface area contributed by atoms with Crippen molar-refractivity contribution in [2.45, 2.75) is 19.4 Å². The van der Waals surface area contributed by atoms with Crippen LogP contribution in [0, 0.1) is 11.6 Å². The van der Waals surface area contributed by atoms with Crippen molar-refractivity contribution in [1.29, 1.82) is 0 Å². The number of benzene rings is 1. The minimum Gasteiger partial charge on any atom is -0.325 e. The first kappa shape index (κ1) is 15.2. The normalized spacial score (nSPS) is 11.7. The van der Waals surface area contributed by atoms with Gasteiger partial charge in [0.1, 0.15) is 11.3 Å². The Labute approximate surface area is 122 Å². The Morgan fingerprint density at radius 2 is 2.05 bits per heavy atom. The number of alkyl halides is 1. The number of nitrogens with zero attached hydrogens (tertiary/aromatic N) is 3. The van der Waals surface area contributed by atoms with E-state index >= 15 is 0 Å². The molecule has 3 nitrogen and oxygen atoms in total. The van der Waals surface area contributed by atoms with Crippen LogP contribution in [0.5, 0.6) is 0 Å². The maximum atomic E-state index is 14.0. The molecular formula is C14H18ClF2N3. The van der Waals surface area contributed by atoms with E-state index < -0.39 is 11.6 Å². The number of rotatable bonds is 6. The maximum absolute atomic E-state index is 14.0. The summed E-state index contributed by atoms with van der Waals surface area (Å²) in [5.74, 6) is -0.566. The van der Waals surface area contributed by atoms with E-state index in [0.29, 0.717) is 30.2 Å². The molecule has 0 bridgehead atoms. The molecule has 0 fully saturated rings. The lowest BCUT2D eigenvalue weighted by atomic mass is 10.3. The molecule has 0 amide bonds. The minimum atomic E-state index is -0.844. The lowest BCUT2D eigenvalue weighted by Gasteiger charge is -2.12. The van der Waals surface area contributed by atoms with Gasteiger partial charge in [0.2, 0.25) is 0 Å². The SMILES string of the molecule is CN(C)CCCn1c(CCCl)nc2ccc(F)c(F)c21. The fourth-order valence-corrected chi connectivity index (χ4v) is 2.44. The zero-order valence-corrected chi connectivity index (χ0v) is 12.4. The molecule has 0 aliphatic carbocycles. The summed E-state index contributed by atoms with van der Waals surface area (Å²) in [6.45, 7) is 1.47. The number of fused-ring (bicyclic) bond motifs is 1. The van der Waals surface area contributed by atoms with E-state index in [1.165, 1.54) is 6.07 Å². The van der Waals surface area contributed by atoms with Crippen LogP contribution < -0.4 is 0 Å². The highest BCUT2D eigenvalue weighted by Crippen LogP contribution is 2.22. The van der Waals surface area contributed by atoms with E-state index in [-0.39, 0.29) is 5.52 Å². The molecule has 0 saturated carbocycles. The van der Waals surface area contributed by atoms with Gasteiger partial charge < -0.3 is 9.47 Å². The molecule has 0 spiro atoms. The van der Waals surface area contributed by atoms with E-state index in [4.69, 9.17) is 11.6 Å². The van der Waals surface area contributed by atoms with Crippen LogP contribution in [0.25, 0.3) is 11.0 Å². The highest BCUT2D eigenvalue weighted by molar-refractivity contribution is 6.17. The smallest absolute Gasteiger partial charge is 0.184 e. The van der Waals surface area contributed by atoms with Crippen LogP contribution in [0.3, 0.4) is 0 Å². The molecule has 0 unspecified atom stereocenters. The van der Waals surface area contributed by atoms with Gasteiger partial charge in [0.25, 0.3) is 0 Å². The van der Waals surface area contributed by atoms with Crippen molar-refractivity contribution in [2.75, 3.05) is 26.5 Å². The monoisotopic (exact) mass is 301 g/mol. The van der Waals surface area contributed by atoms with Crippen LogP contribution in [0.15, 0.2) is 12.1 Å². The molecule has 0 aliphatic rings. The van der Waals surface area contributed by atoms with Crippen molar-refractivity contribution in [3.63, 3.8) is 0 Å². The Balaban J connectivity index is 2.41. The van der Waals surface area contributed by atoms with Crippen LogP contribution in [0.4, 0.5) is 8.78 Å². The fraction of sp³-hybridized carbons (Fsp3) is 0.500. The molecule has 1 aromatic heterocycles. The molecule has 0 N–H and O–H groups in total. The molecule has 1 aromatic carbocycles. The summed E-state index contributed by atoms with van der Waals surface area (Å²) >= 11 is 5.76. The van der Waals surface area contributed by atoms with Gasteiger partial charge in [-0.1, -0.05) is 0 Å². The zero-order valence-electron chi connectivity index (χ0n) is 11.7. The van der Waals surface area contributed by atoms with Crippen LogP contribution in [-0.4, -0.2) is 41.0 Å². The third-order valence-electron chi connectivity index (χ3n) is 3.18. The predicted molar refractivity (Wildman–Crippen MR) is 77.2 cm³/mol. The molecular weight excluding hydrogens is 284 g/mol. The Bertz CT molecular complexity index is 596. The summed E-state index contributed by atoms with van der Waals surface area (Å²) in [7, 11) is 3.96. The van der Waals surface area contributed by atoms with Crippen LogP contribution in [0.2, 0.25) is 0 Å². The quantitative estimate of drug-likeness (QED) is 0.765. The van der Waals surface area contributed by atoms with Gasteiger partial charge in [-0.05, 0) is 39.2 Å². The van der Waals surface area contributed by atoms with Gasteiger partial charge in [0.05, 0.1) is 5.52 Å². The molecule has 20 heavy (non-hydrogen) atoms. The summed E-state index contributed by atoms with van der Waals surface area (Å²) in [5.41, 5.74) is 0.720. The lowest BCUT2D eigenvalue weighted by Crippen LogP contribution is -2.16. The Morgan fingerprint density at radius 3 is 2.70 bits per heavy atom. The van der Waals surface area contributed by atoms with Gasteiger partial charge in [-0.15, -0.1) is 11.6 Å². The van der Waals surface area contributed by atoms with Gasteiger partial charge in [-0.2, -0.15) is 0 Å². The van der Waals surface area contributed by atoms with Crippen molar-refractivity contribution in [2.24, 2.45) is 0 Å². The molecule has 2 aromatic rings. The first-order valence-electron chi connectivity index (χ1n) is 6.58. The topological polar surface area (TPSA) is 21.1 Å². The highest BCUT2D eigenvalue weighted by atomic mass is 35.5. The number of imidazole rings is 1. The molecule has 0 atom stereocenters. The maximum Gasteiger partial charge on any atom is 0.184 e. The Kier molecular flexibility index (Phi) is 4.94. The van der Waals surface area contributed by atoms with Gasteiger partial charge in [0, 0.05) is 18.8 Å². The van der Waals surface area contributed by atoms with E-state index in [1.54, 1.807) is 4.57 Å².